The standard InChI is InChI=1S/C16H22N2O4S/c1-11-5-4-6-12(2)15(11)17-14(19)9-18(3)16(20)13-7-8-23(21,22)10-13/h4-6,13H,7-10H2,1-3H3,(H,17,19)/t13-/m0/s1. The van der Waals surface area contributed by atoms with Crippen LogP contribution in [-0.4, -0.2) is 50.2 Å². The van der Waals surface area contributed by atoms with E-state index in [1.165, 1.54) is 11.9 Å². The van der Waals surface area contributed by atoms with Crippen molar-refractivity contribution in [1.82, 2.24) is 4.90 Å². The Bertz CT molecular complexity index is 707. The molecule has 0 saturated carbocycles. The van der Waals surface area contributed by atoms with Gasteiger partial charge in [-0.3, -0.25) is 9.59 Å². The summed E-state index contributed by atoms with van der Waals surface area (Å²) in [4.78, 5) is 25.7. The van der Waals surface area contributed by atoms with Crippen LogP contribution < -0.4 is 5.32 Å². The fourth-order valence-electron chi connectivity index (χ4n) is 2.79. The highest BCUT2D eigenvalue weighted by atomic mass is 32.2. The monoisotopic (exact) mass is 338 g/mol. The number of anilines is 1. The van der Waals surface area contributed by atoms with Crippen LogP contribution in [0.2, 0.25) is 0 Å². The number of nitrogens with zero attached hydrogens (tertiary/aromatic N) is 1. The van der Waals surface area contributed by atoms with Crippen LogP contribution in [0, 0.1) is 19.8 Å². The van der Waals surface area contributed by atoms with E-state index in [2.05, 4.69) is 5.32 Å². The Hall–Kier alpha value is -1.89. The van der Waals surface area contributed by atoms with Crippen molar-refractivity contribution in [3.05, 3.63) is 29.3 Å². The predicted molar refractivity (Wildman–Crippen MR) is 88.9 cm³/mol. The zero-order valence-corrected chi connectivity index (χ0v) is 14.4. The summed E-state index contributed by atoms with van der Waals surface area (Å²) in [6, 6.07) is 5.72. The van der Waals surface area contributed by atoms with Crippen LogP contribution in [0.25, 0.3) is 0 Å². The van der Waals surface area contributed by atoms with E-state index in [-0.39, 0.29) is 29.9 Å². The molecule has 7 heteroatoms. The van der Waals surface area contributed by atoms with Gasteiger partial charge in [-0.05, 0) is 31.4 Å². The number of rotatable bonds is 4. The molecule has 0 aliphatic carbocycles. The summed E-state index contributed by atoms with van der Waals surface area (Å²) in [7, 11) is -1.58. The zero-order valence-electron chi connectivity index (χ0n) is 13.6. The van der Waals surface area contributed by atoms with Gasteiger partial charge < -0.3 is 10.2 Å². The number of hydrogen-bond acceptors (Lipinski definition) is 4. The first-order valence-electron chi connectivity index (χ1n) is 7.51. The number of amides is 2. The summed E-state index contributed by atoms with van der Waals surface area (Å²) in [5.74, 6) is -1.18. The molecule has 23 heavy (non-hydrogen) atoms. The Kier molecular flexibility index (Phi) is 5.09. The Morgan fingerprint density at radius 1 is 1.26 bits per heavy atom. The van der Waals surface area contributed by atoms with Crippen molar-refractivity contribution >= 4 is 27.3 Å². The molecule has 0 bridgehead atoms. The van der Waals surface area contributed by atoms with Crippen molar-refractivity contribution in [3.8, 4) is 0 Å². The molecule has 2 amide bonds. The van der Waals surface area contributed by atoms with Gasteiger partial charge in [0.1, 0.15) is 0 Å². The molecule has 1 saturated heterocycles. The van der Waals surface area contributed by atoms with Crippen LogP contribution in [0.3, 0.4) is 0 Å². The third-order valence-electron chi connectivity index (χ3n) is 4.08. The lowest BCUT2D eigenvalue weighted by Crippen LogP contribution is -2.39. The minimum Gasteiger partial charge on any atom is -0.336 e. The first-order chi connectivity index (χ1) is 10.7. The maximum absolute atomic E-state index is 12.2. The second-order valence-corrected chi connectivity index (χ2v) is 8.34. The quantitative estimate of drug-likeness (QED) is 0.892. The van der Waals surface area contributed by atoms with Crippen LogP contribution in [0.1, 0.15) is 17.5 Å². The second-order valence-electron chi connectivity index (χ2n) is 6.11. The highest BCUT2D eigenvalue weighted by Gasteiger charge is 2.34. The van der Waals surface area contributed by atoms with E-state index in [4.69, 9.17) is 0 Å². The molecule has 1 aliphatic rings. The SMILES string of the molecule is Cc1cccc(C)c1NC(=O)CN(C)C(=O)[C@H]1CCS(=O)(=O)C1. The number of nitrogens with one attached hydrogen (secondary N) is 1. The molecule has 1 aromatic carbocycles. The number of benzene rings is 1. The summed E-state index contributed by atoms with van der Waals surface area (Å²) in [6.07, 6.45) is 0.337. The molecular weight excluding hydrogens is 316 g/mol. The Morgan fingerprint density at radius 2 is 1.87 bits per heavy atom. The Balaban J connectivity index is 1.96. The topological polar surface area (TPSA) is 83.6 Å². The van der Waals surface area contributed by atoms with Crippen LogP contribution in [0.4, 0.5) is 5.69 Å². The Morgan fingerprint density at radius 3 is 2.39 bits per heavy atom. The van der Waals surface area contributed by atoms with Gasteiger partial charge in [0, 0.05) is 12.7 Å². The summed E-state index contributed by atoms with van der Waals surface area (Å²) in [5, 5.41) is 2.82. The van der Waals surface area contributed by atoms with Gasteiger partial charge in [-0.1, -0.05) is 18.2 Å². The summed E-state index contributed by atoms with van der Waals surface area (Å²) in [5.41, 5.74) is 2.66. The maximum Gasteiger partial charge on any atom is 0.243 e. The first-order valence-corrected chi connectivity index (χ1v) is 9.33. The van der Waals surface area contributed by atoms with E-state index in [9.17, 15) is 18.0 Å². The lowest BCUT2D eigenvalue weighted by atomic mass is 10.1. The molecule has 2 rings (SSSR count). The minimum atomic E-state index is -3.11. The number of hydrogen-bond donors (Lipinski definition) is 1. The number of aryl methyl sites for hydroxylation is 2. The van der Waals surface area contributed by atoms with E-state index in [1.54, 1.807) is 0 Å². The molecule has 0 unspecified atom stereocenters. The highest BCUT2D eigenvalue weighted by molar-refractivity contribution is 7.91. The van der Waals surface area contributed by atoms with Gasteiger partial charge in [-0.25, -0.2) is 8.42 Å². The first kappa shape index (κ1) is 17.5. The Labute approximate surface area is 136 Å². The molecule has 1 aliphatic heterocycles. The van der Waals surface area contributed by atoms with Crippen LogP contribution in [0.5, 0.6) is 0 Å². The van der Waals surface area contributed by atoms with Gasteiger partial charge in [-0.2, -0.15) is 0 Å². The van der Waals surface area contributed by atoms with Crippen molar-refractivity contribution in [3.63, 3.8) is 0 Å². The molecule has 1 N–H and O–H groups in total. The fraction of sp³-hybridized carbons (Fsp3) is 0.500. The molecular formula is C16H22N2O4S. The van der Waals surface area contributed by atoms with Crippen molar-refractivity contribution in [2.24, 2.45) is 5.92 Å². The molecule has 1 aromatic rings. The van der Waals surface area contributed by atoms with Crippen molar-refractivity contribution in [2.45, 2.75) is 20.3 Å². The van der Waals surface area contributed by atoms with Crippen LogP contribution in [-0.2, 0) is 19.4 Å². The molecule has 6 nitrogen and oxygen atoms in total. The third kappa shape index (κ3) is 4.31. The van der Waals surface area contributed by atoms with Crippen LogP contribution >= 0.6 is 0 Å². The average molecular weight is 338 g/mol. The number of para-hydroxylation sites is 1. The molecule has 126 valence electrons. The predicted octanol–water partition coefficient (Wildman–Crippen LogP) is 1.14. The van der Waals surface area contributed by atoms with Gasteiger partial charge in [0.2, 0.25) is 11.8 Å². The van der Waals surface area contributed by atoms with E-state index >= 15 is 0 Å². The molecule has 0 aromatic heterocycles. The van der Waals surface area contributed by atoms with Gasteiger partial charge in [0.05, 0.1) is 24.0 Å². The smallest absolute Gasteiger partial charge is 0.243 e. The van der Waals surface area contributed by atoms with E-state index < -0.39 is 15.8 Å². The van der Waals surface area contributed by atoms with E-state index in [1.807, 2.05) is 32.0 Å². The second kappa shape index (κ2) is 6.70. The minimum absolute atomic E-state index is 0.0475. The zero-order chi connectivity index (χ0) is 17.2. The molecule has 1 fully saturated rings. The lowest BCUT2D eigenvalue weighted by molar-refractivity contribution is -0.136. The van der Waals surface area contributed by atoms with Crippen molar-refractivity contribution < 1.29 is 18.0 Å². The number of carbonyl (C=O) groups is 2. The number of sulfone groups is 1. The maximum atomic E-state index is 12.2. The summed E-state index contributed by atoms with van der Waals surface area (Å²) < 4.78 is 22.9. The average Bonchev–Trinajstić information content (AvgIpc) is 2.82. The van der Waals surface area contributed by atoms with Crippen molar-refractivity contribution in [2.75, 3.05) is 30.4 Å². The molecule has 1 atom stereocenters. The molecule has 0 spiro atoms. The lowest BCUT2D eigenvalue weighted by Gasteiger charge is -2.20. The van der Waals surface area contributed by atoms with Gasteiger partial charge in [0.15, 0.2) is 9.84 Å². The van der Waals surface area contributed by atoms with E-state index in [0.29, 0.717) is 6.42 Å². The molecule has 0 radical (unpaired) electrons. The van der Waals surface area contributed by atoms with Crippen LogP contribution in [0.15, 0.2) is 18.2 Å². The van der Waals surface area contributed by atoms with Gasteiger partial charge in [-0.15, -0.1) is 0 Å². The fourth-order valence-corrected chi connectivity index (χ4v) is 4.52. The summed E-state index contributed by atoms with van der Waals surface area (Å²) in [6.45, 7) is 3.71. The van der Waals surface area contributed by atoms with Gasteiger partial charge in [0.25, 0.3) is 0 Å². The summed E-state index contributed by atoms with van der Waals surface area (Å²) >= 11 is 0. The highest BCUT2D eigenvalue weighted by Crippen LogP contribution is 2.21. The van der Waals surface area contributed by atoms with Gasteiger partial charge >= 0.3 is 0 Å². The number of carbonyl (C=O) groups excluding carboxylic acids is 2. The third-order valence-corrected chi connectivity index (χ3v) is 5.85. The van der Waals surface area contributed by atoms with E-state index in [0.717, 1.165) is 16.8 Å². The number of likely N-dealkylation sites (N-methyl/N-ethyl adjacent to an activating group) is 1. The largest absolute Gasteiger partial charge is 0.336 e. The van der Waals surface area contributed by atoms with Crippen molar-refractivity contribution in [1.29, 1.82) is 0 Å². The molecule has 1 heterocycles. The normalized spacial score (nSPS) is 19.3.